The largest absolute Gasteiger partial charge is 0.371 e. The Morgan fingerprint density at radius 1 is 1.38 bits per heavy atom. The smallest absolute Gasteiger partial charge is 0.146 e. The lowest BCUT2D eigenvalue weighted by atomic mass is 10.3. The zero-order chi connectivity index (χ0) is 11.4. The quantitative estimate of drug-likeness (QED) is 0.743. The third-order valence-electron chi connectivity index (χ3n) is 3.02. The van der Waals surface area contributed by atoms with Gasteiger partial charge in [-0.15, -0.1) is 0 Å². The van der Waals surface area contributed by atoms with Gasteiger partial charge >= 0.3 is 0 Å². The van der Waals surface area contributed by atoms with Crippen LogP contribution in [-0.4, -0.2) is 26.7 Å². The van der Waals surface area contributed by atoms with Crippen molar-refractivity contribution < 1.29 is 4.39 Å². The summed E-state index contributed by atoms with van der Waals surface area (Å²) in [5.74, 6) is 0.756. The maximum absolute atomic E-state index is 13.4. The van der Waals surface area contributed by atoms with E-state index in [0.29, 0.717) is 5.69 Å². The summed E-state index contributed by atoms with van der Waals surface area (Å²) in [6.07, 6.45) is 2.74. The van der Waals surface area contributed by atoms with Crippen LogP contribution in [-0.2, 0) is 0 Å². The first-order valence-corrected chi connectivity index (χ1v) is 5.94. The van der Waals surface area contributed by atoms with Crippen molar-refractivity contribution in [1.82, 2.24) is 5.32 Å². The first kappa shape index (κ1) is 11.4. The molecule has 1 N–H and O–H groups in total. The van der Waals surface area contributed by atoms with Crippen LogP contribution in [0.1, 0.15) is 12.8 Å². The minimum Gasteiger partial charge on any atom is -0.371 e. The number of likely N-dealkylation sites (N-methyl/N-ethyl adjacent to an activating group) is 1. The fourth-order valence-corrected chi connectivity index (χ4v) is 1.76. The molecule has 1 fully saturated rings. The number of rotatable bonds is 6. The van der Waals surface area contributed by atoms with E-state index in [4.69, 9.17) is 0 Å². The van der Waals surface area contributed by atoms with Crippen LogP contribution in [0.15, 0.2) is 24.3 Å². The van der Waals surface area contributed by atoms with E-state index in [9.17, 15) is 4.39 Å². The van der Waals surface area contributed by atoms with Gasteiger partial charge in [0.1, 0.15) is 5.82 Å². The molecule has 0 unspecified atom stereocenters. The van der Waals surface area contributed by atoms with Crippen LogP contribution in [0.5, 0.6) is 0 Å². The van der Waals surface area contributed by atoms with E-state index in [-0.39, 0.29) is 5.82 Å². The molecule has 0 aromatic heterocycles. The highest BCUT2D eigenvalue weighted by Gasteiger charge is 2.20. The number of anilines is 1. The Kier molecular flexibility index (Phi) is 3.78. The second-order valence-corrected chi connectivity index (χ2v) is 4.52. The lowest BCUT2D eigenvalue weighted by Crippen LogP contribution is -2.30. The molecular weight excluding hydrogens is 203 g/mol. The number of hydrogen-bond acceptors (Lipinski definition) is 2. The van der Waals surface area contributed by atoms with E-state index in [1.807, 2.05) is 24.1 Å². The van der Waals surface area contributed by atoms with Crippen molar-refractivity contribution >= 4 is 5.69 Å². The molecule has 0 aliphatic heterocycles. The SMILES string of the molecule is CN(CCNCC1CC1)c1ccccc1F. The standard InChI is InChI=1S/C13H19FN2/c1-16(9-8-15-10-11-6-7-11)13-5-3-2-4-12(13)14/h2-5,11,15H,6-10H2,1H3. The molecule has 0 heterocycles. The highest BCUT2D eigenvalue weighted by atomic mass is 19.1. The molecule has 0 amide bonds. The summed E-state index contributed by atoms with van der Waals surface area (Å²) in [6.45, 7) is 2.88. The Balaban J connectivity index is 1.73. The van der Waals surface area contributed by atoms with E-state index < -0.39 is 0 Å². The van der Waals surface area contributed by atoms with Crippen molar-refractivity contribution in [3.63, 3.8) is 0 Å². The highest BCUT2D eigenvalue weighted by molar-refractivity contribution is 5.46. The van der Waals surface area contributed by atoms with Gasteiger partial charge in [-0.05, 0) is 37.4 Å². The van der Waals surface area contributed by atoms with Crippen molar-refractivity contribution in [2.75, 3.05) is 31.6 Å². The van der Waals surface area contributed by atoms with E-state index in [1.165, 1.54) is 18.9 Å². The molecule has 2 rings (SSSR count). The van der Waals surface area contributed by atoms with Crippen molar-refractivity contribution in [1.29, 1.82) is 0 Å². The number of nitrogens with one attached hydrogen (secondary N) is 1. The van der Waals surface area contributed by atoms with Gasteiger partial charge in [-0.1, -0.05) is 12.1 Å². The monoisotopic (exact) mass is 222 g/mol. The minimum absolute atomic E-state index is 0.146. The predicted molar refractivity (Wildman–Crippen MR) is 65.3 cm³/mol. The lowest BCUT2D eigenvalue weighted by molar-refractivity contribution is 0.609. The van der Waals surface area contributed by atoms with Crippen molar-refractivity contribution in [2.45, 2.75) is 12.8 Å². The van der Waals surface area contributed by atoms with E-state index >= 15 is 0 Å². The summed E-state index contributed by atoms with van der Waals surface area (Å²) in [7, 11) is 1.93. The molecule has 1 aromatic rings. The highest BCUT2D eigenvalue weighted by Crippen LogP contribution is 2.27. The molecular formula is C13H19FN2. The van der Waals surface area contributed by atoms with Gasteiger partial charge in [-0.2, -0.15) is 0 Å². The van der Waals surface area contributed by atoms with Crippen molar-refractivity contribution in [3.8, 4) is 0 Å². The van der Waals surface area contributed by atoms with Crippen LogP contribution in [0.25, 0.3) is 0 Å². The third kappa shape index (κ3) is 3.20. The Labute approximate surface area is 96.5 Å². The van der Waals surface area contributed by atoms with E-state index in [2.05, 4.69) is 5.32 Å². The van der Waals surface area contributed by atoms with Crippen LogP contribution in [0.2, 0.25) is 0 Å². The maximum atomic E-state index is 13.4. The van der Waals surface area contributed by atoms with Gasteiger partial charge < -0.3 is 10.2 Å². The van der Waals surface area contributed by atoms with Crippen molar-refractivity contribution in [3.05, 3.63) is 30.1 Å². The number of para-hydroxylation sites is 1. The zero-order valence-corrected chi connectivity index (χ0v) is 9.75. The number of nitrogens with zero attached hydrogens (tertiary/aromatic N) is 1. The topological polar surface area (TPSA) is 15.3 Å². The van der Waals surface area contributed by atoms with Gasteiger partial charge in [0, 0.05) is 20.1 Å². The van der Waals surface area contributed by atoms with Crippen molar-refractivity contribution in [2.24, 2.45) is 5.92 Å². The molecule has 0 atom stereocenters. The van der Waals surface area contributed by atoms with Gasteiger partial charge in [0.05, 0.1) is 5.69 Å². The van der Waals surface area contributed by atoms with Gasteiger partial charge in [0.2, 0.25) is 0 Å². The molecule has 0 saturated heterocycles. The fraction of sp³-hybridized carbons (Fsp3) is 0.538. The molecule has 2 nitrogen and oxygen atoms in total. The molecule has 3 heteroatoms. The van der Waals surface area contributed by atoms with Crippen LogP contribution in [0, 0.1) is 11.7 Å². The third-order valence-corrected chi connectivity index (χ3v) is 3.02. The first-order valence-electron chi connectivity index (χ1n) is 5.94. The van der Waals surface area contributed by atoms with Crippen LogP contribution in [0.3, 0.4) is 0 Å². The Morgan fingerprint density at radius 2 is 2.12 bits per heavy atom. The van der Waals surface area contributed by atoms with Crippen LogP contribution >= 0.6 is 0 Å². The number of hydrogen-bond donors (Lipinski definition) is 1. The first-order chi connectivity index (χ1) is 7.77. The Hall–Kier alpha value is -1.09. The second-order valence-electron chi connectivity index (χ2n) is 4.52. The average molecular weight is 222 g/mol. The Morgan fingerprint density at radius 3 is 2.81 bits per heavy atom. The van der Waals surface area contributed by atoms with Crippen LogP contribution < -0.4 is 10.2 Å². The molecule has 0 radical (unpaired) electrons. The summed E-state index contributed by atoms with van der Waals surface area (Å²) in [4.78, 5) is 1.95. The molecule has 0 spiro atoms. The lowest BCUT2D eigenvalue weighted by Gasteiger charge is -2.20. The van der Waals surface area contributed by atoms with Gasteiger partial charge in [0.25, 0.3) is 0 Å². The Bertz CT molecular complexity index is 336. The molecule has 16 heavy (non-hydrogen) atoms. The summed E-state index contributed by atoms with van der Waals surface area (Å²) in [6, 6.07) is 6.91. The number of halogens is 1. The summed E-state index contributed by atoms with van der Waals surface area (Å²) in [5.41, 5.74) is 0.677. The normalized spacial score (nSPS) is 15.1. The van der Waals surface area contributed by atoms with E-state index in [1.54, 1.807) is 6.07 Å². The minimum atomic E-state index is -0.146. The van der Waals surface area contributed by atoms with Gasteiger partial charge in [-0.25, -0.2) is 4.39 Å². The van der Waals surface area contributed by atoms with Crippen LogP contribution in [0.4, 0.5) is 10.1 Å². The molecule has 1 aliphatic rings. The molecule has 1 aromatic carbocycles. The molecule has 1 aliphatic carbocycles. The summed E-state index contributed by atoms with van der Waals surface area (Å²) >= 11 is 0. The predicted octanol–water partition coefficient (Wildman–Crippen LogP) is 2.26. The molecule has 1 saturated carbocycles. The van der Waals surface area contributed by atoms with Gasteiger partial charge in [0.15, 0.2) is 0 Å². The number of benzene rings is 1. The summed E-state index contributed by atoms with van der Waals surface area (Å²) in [5, 5.41) is 3.40. The average Bonchev–Trinajstić information content (AvgIpc) is 3.08. The zero-order valence-electron chi connectivity index (χ0n) is 9.75. The maximum Gasteiger partial charge on any atom is 0.146 e. The summed E-state index contributed by atoms with van der Waals surface area (Å²) < 4.78 is 13.4. The fourth-order valence-electron chi connectivity index (χ4n) is 1.76. The second kappa shape index (κ2) is 5.30. The molecule has 0 bridgehead atoms. The van der Waals surface area contributed by atoms with E-state index in [0.717, 1.165) is 25.6 Å². The van der Waals surface area contributed by atoms with Gasteiger partial charge in [-0.3, -0.25) is 0 Å². The molecule has 88 valence electrons.